The minimum absolute atomic E-state index is 0.0680. The summed E-state index contributed by atoms with van der Waals surface area (Å²) in [7, 11) is 0. The number of pyridine rings is 1. The Kier molecular flexibility index (Phi) is 2.43. The number of hydrogen-bond donors (Lipinski definition) is 3. The highest BCUT2D eigenvalue weighted by Gasteiger charge is 2.35. The highest BCUT2D eigenvalue weighted by molar-refractivity contribution is 6.26. The number of hydrogen-bond acceptors (Lipinski definition) is 6. The molecule has 0 saturated carbocycles. The molecule has 1 aliphatic heterocycles. The quantitative estimate of drug-likeness (QED) is 0.530. The molecule has 0 amide bonds. The number of ketones is 1. The second kappa shape index (κ2) is 4.02. The maximum Gasteiger partial charge on any atom is 0.319 e. The third-order valence-electron chi connectivity index (χ3n) is 3.13. The maximum atomic E-state index is 12.1. The zero-order chi connectivity index (χ0) is 14.4. The number of nitrogens with zero attached hydrogens (tertiary/aromatic N) is 2. The number of carboxylic acids is 1. The van der Waals surface area contributed by atoms with Gasteiger partial charge in [0.05, 0.1) is 5.56 Å². The minimum Gasteiger partial charge on any atom is -0.504 e. The van der Waals surface area contributed by atoms with Gasteiger partial charge >= 0.3 is 5.97 Å². The maximum absolute atomic E-state index is 12.1. The van der Waals surface area contributed by atoms with Crippen molar-refractivity contribution in [1.29, 1.82) is 0 Å². The molecule has 1 aromatic carbocycles. The molecule has 100 valence electrons. The van der Waals surface area contributed by atoms with Gasteiger partial charge in [-0.2, -0.15) is 0 Å². The van der Waals surface area contributed by atoms with Crippen LogP contribution in [0.1, 0.15) is 10.4 Å². The fourth-order valence-corrected chi connectivity index (χ4v) is 2.17. The van der Waals surface area contributed by atoms with E-state index in [1.165, 1.54) is 12.3 Å². The molecular weight excluding hydrogens is 264 g/mol. The van der Waals surface area contributed by atoms with Crippen molar-refractivity contribution in [2.24, 2.45) is 10.9 Å². The summed E-state index contributed by atoms with van der Waals surface area (Å²) in [6.45, 7) is 0. The fraction of sp³-hybridized carbons (Fsp3) is 0.0769. The summed E-state index contributed by atoms with van der Waals surface area (Å²) < 4.78 is 0. The normalized spacial score (nSPS) is 17.2. The number of carboxylic acid groups (broad SMARTS) is 1. The molecule has 7 nitrogen and oxygen atoms in total. The van der Waals surface area contributed by atoms with E-state index < -0.39 is 29.2 Å². The number of phenolic OH excluding ortho intramolecular Hbond substituents is 2. The van der Waals surface area contributed by atoms with Gasteiger partial charge in [-0.15, -0.1) is 0 Å². The molecule has 0 spiro atoms. The van der Waals surface area contributed by atoms with Crippen LogP contribution in [-0.4, -0.2) is 38.3 Å². The van der Waals surface area contributed by atoms with E-state index in [-0.39, 0.29) is 22.2 Å². The SMILES string of the molecule is O=C(O)C1C=Nc2c(c(O)c(O)c3cccnc23)C1=O. The van der Waals surface area contributed by atoms with Gasteiger partial charge in [-0.1, -0.05) is 0 Å². The summed E-state index contributed by atoms with van der Waals surface area (Å²) >= 11 is 0. The van der Waals surface area contributed by atoms with Crippen LogP contribution in [0.3, 0.4) is 0 Å². The third-order valence-corrected chi connectivity index (χ3v) is 3.13. The molecule has 1 aliphatic rings. The van der Waals surface area contributed by atoms with Crippen LogP contribution in [-0.2, 0) is 4.79 Å². The molecule has 20 heavy (non-hydrogen) atoms. The van der Waals surface area contributed by atoms with E-state index in [0.29, 0.717) is 0 Å². The molecule has 3 N–H and O–H groups in total. The van der Waals surface area contributed by atoms with E-state index in [1.54, 1.807) is 6.07 Å². The summed E-state index contributed by atoms with van der Waals surface area (Å²) in [5, 5.41) is 29.0. The van der Waals surface area contributed by atoms with E-state index in [9.17, 15) is 19.8 Å². The van der Waals surface area contributed by atoms with Crippen molar-refractivity contribution in [2.45, 2.75) is 0 Å². The standard InChI is InChI=1S/C13H8N2O5/c16-10-6(13(19)20)4-15-9-7(10)12(18)11(17)5-2-1-3-14-8(5)9/h1-4,6,17-18H,(H,19,20). The van der Waals surface area contributed by atoms with Crippen molar-refractivity contribution in [3.05, 3.63) is 23.9 Å². The number of carbonyl (C=O) groups excluding carboxylic acids is 1. The monoisotopic (exact) mass is 272 g/mol. The molecule has 2 heterocycles. The summed E-state index contributed by atoms with van der Waals surface area (Å²) in [5.41, 5.74) is -0.0201. The van der Waals surface area contributed by atoms with Crippen LogP contribution < -0.4 is 0 Å². The van der Waals surface area contributed by atoms with Gasteiger partial charge in [0.1, 0.15) is 11.2 Å². The Labute approximate surface area is 111 Å². The van der Waals surface area contributed by atoms with Gasteiger partial charge in [0.25, 0.3) is 0 Å². The van der Waals surface area contributed by atoms with Gasteiger partial charge in [-0.05, 0) is 12.1 Å². The first kappa shape index (κ1) is 12.1. The molecule has 2 aromatic rings. The number of fused-ring (bicyclic) bond motifs is 3. The van der Waals surface area contributed by atoms with Crippen LogP contribution in [0.4, 0.5) is 5.69 Å². The average molecular weight is 272 g/mol. The number of rotatable bonds is 1. The lowest BCUT2D eigenvalue weighted by molar-refractivity contribution is -0.137. The predicted octanol–water partition coefficient (Wildman–Crippen LogP) is 1.25. The van der Waals surface area contributed by atoms with Gasteiger partial charge in [0.2, 0.25) is 0 Å². The molecule has 0 radical (unpaired) electrons. The number of Topliss-reactive ketones (excluding diaryl/α,β-unsaturated/α-hetero) is 1. The number of aromatic hydroxyl groups is 2. The van der Waals surface area contributed by atoms with Crippen molar-refractivity contribution >= 4 is 34.6 Å². The Morgan fingerprint density at radius 1 is 1.25 bits per heavy atom. The van der Waals surface area contributed by atoms with Gasteiger partial charge in [-0.25, -0.2) is 0 Å². The van der Waals surface area contributed by atoms with Crippen LogP contribution in [0.25, 0.3) is 10.9 Å². The van der Waals surface area contributed by atoms with E-state index in [0.717, 1.165) is 6.21 Å². The van der Waals surface area contributed by atoms with Crippen LogP contribution in [0.15, 0.2) is 23.3 Å². The molecule has 0 bridgehead atoms. The Bertz CT molecular complexity index is 797. The lowest BCUT2D eigenvalue weighted by Gasteiger charge is -2.17. The molecule has 1 unspecified atom stereocenters. The smallest absolute Gasteiger partial charge is 0.319 e. The first-order valence-corrected chi connectivity index (χ1v) is 5.66. The summed E-state index contributed by atoms with van der Waals surface area (Å²) in [6, 6.07) is 3.07. The van der Waals surface area contributed by atoms with Gasteiger partial charge in [-0.3, -0.25) is 19.6 Å². The summed E-state index contributed by atoms with van der Waals surface area (Å²) in [6.07, 6.45) is 2.44. The van der Waals surface area contributed by atoms with Gasteiger partial charge in [0.15, 0.2) is 23.2 Å². The number of phenols is 2. The summed E-state index contributed by atoms with van der Waals surface area (Å²) in [4.78, 5) is 31.0. The Morgan fingerprint density at radius 3 is 2.70 bits per heavy atom. The molecule has 1 atom stereocenters. The van der Waals surface area contributed by atoms with Crippen LogP contribution >= 0.6 is 0 Å². The fourth-order valence-electron chi connectivity index (χ4n) is 2.17. The number of aliphatic carboxylic acids is 1. The average Bonchev–Trinajstić information content (AvgIpc) is 2.44. The molecule has 0 fully saturated rings. The molecule has 3 rings (SSSR count). The minimum atomic E-state index is -1.48. The van der Waals surface area contributed by atoms with Crippen molar-refractivity contribution in [3.8, 4) is 11.5 Å². The summed E-state index contributed by atoms with van der Waals surface area (Å²) in [5.74, 6) is -4.86. The molecule has 0 saturated heterocycles. The van der Waals surface area contributed by atoms with Crippen molar-refractivity contribution < 1.29 is 24.9 Å². The van der Waals surface area contributed by atoms with Crippen molar-refractivity contribution in [2.75, 3.05) is 0 Å². The van der Waals surface area contributed by atoms with E-state index >= 15 is 0 Å². The zero-order valence-corrected chi connectivity index (χ0v) is 9.94. The number of aliphatic imine (C=N–C) groups is 1. The predicted molar refractivity (Wildman–Crippen MR) is 68.7 cm³/mol. The second-order valence-corrected chi connectivity index (χ2v) is 4.28. The van der Waals surface area contributed by atoms with Crippen molar-refractivity contribution in [1.82, 2.24) is 4.98 Å². The van der Waals surface area contributed by atoms with Crippen LogP contribution in [0.5, 0.6) is 11.5 Å². The Hall–Kier alpha value is -2.96. The highest BCUT2D eigenvalue weighted by atomic mass is 16.4. The Morgan fingerprint density at radius 2 is 2.00 bits per heavy atom. The third kappa shape index (κ3) is 1.46. The number of carbonyl (C=O) groups is 2. The molecule has 7 heteroatoms. The van der Waals surface area contributed by atoms with E-state index in [2.05, 4.69) is 9.98 Å². The van der Waals surface area contributed by atoms with E-state index in [4.69, 9.17) is 5.11 Å². The Balaban J connectivity index is 2.41. The highest BCUT2D eigenvalue weighted by Crippen LogP contribution is 2.45. The first-order chi connectivity index (χ1) is 9.52. The molecular formula is C13H8N2O5. The topological polar surface area (TPSA) is 120 Å². The first-order valence-electron chi connectivity index (χ1n) is 5.66. The van der Waals surface area contributed by atoms with E-state index in [1.807, 2.05) is 0 Å². The zero-order valence-electron chi connectivity index (χ0n) is 9.94. The molecule has 1 aromatic heterocycles. The number of aromatic nitrogens is 1. The lowest BCUT2D eigenvalue weighted by Crippen LogP contribution is -2.27. The van der Waals surface area contributed by atoms with Crippen molar-refractivity contribution in [3.63, 3.8) is 0 Å². The molecule has 0 aliphatic carbocycles. The van der Waals surface area contributed by atoms with Gasteiger partial charge < -0.3 is 15.3 Å². The lowest BCUT2D eigenvalue weighted by atomic mass is 9.92. The van der Waals surface area contributed by atoms with Crippen LogP contribution in [0.2, 0.25) is 0 Å². The largest absolute Gasteiger partial charge is 0.504 e. The van der Waals surface area contributed by atoms with Crippen LogP contribution in [0, 0.1) is 5.92 Å². The second-order valence-electron chi connectivity index (χ2n) is 4.28. The number of benzene rings is 1. The van der Waals surface area contributed by atoms with Gasteiger partial charge in [0, 0.05) is 17.8 Å².